The van der Waals surface area contributed by atoms with E-state index in [1.807, 2.05) is 18.2 Å². The fraction of sp³-hybridized carbons (Fsp3) is 0.214. The summed E-state index contributed by atoms with van der Waals surface area (Å²) in [7, 11) is 1.78. The molecule has 18 heavy (non-hydrogen) atoms. The van der Waals surface area contributed by atoms with Crippen molar-refractivity contribution >= 4 is 11.6 Å². The van der Waals surface area contributed by atoms with Crippen LogP contribution in [0.4, 0.5) is 5.69 Å². The highest BCUT2D eigenvalue weighted by atomic mass is 16.3. The van der Waals surface area contributed by atoms with Crippen molar-refractivity contribution in [3.8, 4) is 0 Å². The minimum atomic E-state index is 0.0703. The zero-order valence-electron chi connectivity index (χ0n) is 10.3. The molecular formula is C14H16N2O2. The summed E-state index contributed by atoms with van der Waals surface area (Å²) in [6.45, 7) is 0.560. The molecule has 1 heterocycles. The average molecular weight is 244 g/mol. The van der Waals surface area contributed by atoms with Crippen LogP contribution in [-0.4, -0.2) is 17.9 Å². The van der Waals surface area contributed by atoms with Gasteiger partial charge in [-0.1, -0.05) is 12.1 Å². The molecule has 0 aliphatic rings. The number of likely N-dealkylation sites (N-methyl/N-ethyl adjacent to an activating group) is 1. The summed E-state index contributed by atoms with van der Waals surface area (Å²) in [5.74, 6) is 0.0703. The molecule has 0 bridgehead atoms. The van der Waals surface area contributed by atoms with Crippen molar-refractivity contribution in [2.75, 3.05) is 12.8 Å². The Morgan fingerprint density at radius 3 is 2.56 bits per heavy atom. The van der Waals surface area contributed by atoms with E-state index in [0.717, 1.165) is 11.1 Å². The fourth-order valence-corrected chi connectivity index (χ4v) is 1.69. The molecule has 0 aliphatic heterocycles. The number of amides is 1. The van der Waals surface area contributed by atoms with Gasteiger partial charge in [-0.3, -0.25) is 4.79 Å². The van der Waals surface area contributed by atoms with E-state index in [-0.39, 0.29) is 5.91 Å². The summed E-state index contributed by atoms with van der Waals surface area (Å²) in [5.41, 5.74) is 8.26. The molecule has 4 heteroatoms. The molecule has 0 radical (unpaired) electrons. The SMILES string of the molecule is CN(Cc1ccoc1)C(=O)Cc1ccc(N)cc1. The molecule has 94 valence electrons. The van der Waals surface area contributed by atoms with Crippen LogP contribution >= 0.6 is 0 Å². The second-order valence-electron chi connectivity index (χ2n) is 4.30. The Morgan fingerprint density at radius 1 is 1.22 bits per heavy atom. The third-order valence-corrected chi connectivity index (χ3v) is 2.76. The van der Waals surface area contributed by atoms with Gasteiger partial charge >= 0.3 is 0 Å². The molecular weight excluding hydrogens is 228 g/mol. The topological polar surface area (TPSA) is 59.5 Å². The van der Waals surface area contributed by atoms with Crippen LogP contribution in [-0.2, 0) is 17.8 Å². The first-order valence-electron chi connectivity index (χ1n) is 5.74. The van der Waals surface area contributed by atoms with Gasteiger partial charge in [-0.05, 0) is 23.8 Å². The average Bonchev–Trinajstić information content (AvgIpc) is 2.85. The smallest absolute Gasteiger partial charge is 0.227 e. The number of carbonyl (C=O) groups excluding carboxylic acids is 1. The summed E-state index contributed by atoms with van der Waals surface area (Å²) < 4.78 is 4.97. The van der Waals surface area contributed by atoms with Crippen molar-refractivity contribution < 1.29 is 9.21 Å². The Bertz CT molecular complexity index is 503. The third kappa shape index (κ3) is 3.13. The summed E-state index contributed by atoms with van der Waals surface area (Å²) in [5, 5.41) is 0. The number of nitrogen functional groups attached to an aromatic ring is 1. The molecule has 4 nitrogen and oxygen atoms in total. The lowest BCUT2D eigenvalue weighted by atomic mass is 10.1. The van der Waals surface area contributed by atoms with Gasteiger partial charge in [-0.15, -0.1) is 0 Å². The highest BCUT2D eigenvalue weighted by Crippen LogP contribution is 2.09. The monoisotopic (exact) mass is 244 g/mol. The maximum Gasteiger partial charge on any atom is 0.227 e. The van der Waals surface area contributed by atoms with Gasteiger partial charge < -0.3 is 15.1 Å². The van der Waals surface area contributed by atoms with E-state index in [9.17, 15) is 4.79 Å². The Balaban J connectivity index is 1.93. The molecule has 1 aromatic carbocycles. The summed E-state index contributed by atoms with van der Waals surface area (Å²) in [4.78, 5) is 13.7. The maximum absolute atomic E-state index is 12.0. The Kier molecular flexibility index (Phi) is 3.67. The van der Waals surface area contributed by atoms with E-state index in [0.29, 0.717) is 18.7 Å². The van der Waals surface area contributed by atoms with Crippen LogP contribution in [0.5, 0.6) is 0 Å². The van der Waals surface area contributed by atoms with Gasteiger partial charge in [0.15, 0.2) is 0 Å². The molecule has 2 aromatic rings. The van der Waals surface area contributed by atoms with Crippen LogP contribution in [0, 0.1) is 0 Å². The number of hydrogen-bond donors (Lipinski definition) is 1. The van der Waals surface area contributed by atoms with Crippen LogP contribution in [0.25, 0.3) is 0 Å². The minimum Gasteiger partial charge on any atom is -0.472 e. The van der Waals surface area contributed by atoms with Gasteiger partial charge in [0, 0.05) is 24.8 Å². The molecule has 0 fully saturated rings. The van der Waals surface area contributed by atoms with E-state index >= 15 is 0 Å². The van der Waals surface area contributed by atoms with Crippen molar-refractivity contribution in [2.24, 2.45) is 0 Å². The highest BCUT2D eigenvalue weighted by molar-refractivity contribution is 5.78. The van der Waals surface area contributed by atoms with Crippen molar-refractivity contribution in [3.05, 3.63) is 54.0 Å². The molecule has 0 atom stereocenters. The number of benzene rings is 1. The first-order chi connectivity index (χ1) is 8.65. The van der Waals surface area contributed by atoms with Gasteiger partial charge in [0.1, 0.15) is 0 Å². The van der Waals surface area contributed by atoms with Crippen molar-refractivity contribution in [3.63, 3.8) is 0 Å². The number of carbonyl (C=O) groups is 1. The van der Waals surface area contributed by atoms with Crippen LogP contribution < -0.4 is 5.73 Å². The molecule has 0 unspecified atom stereocenters. The zero-order valence-corrected chi connectivity index (χ0v) is 10.3. The van der Waals surface area contributed by atoms with E-state index in [1.165, 1.54) is 0 Å². The lowest BCUT2D eigenvalue weighted by Gasteiger charge is -2.16. The van der Waals surface area contributed by atoms with E-state index < -0.39 is 0 Å². The Hall–Kier alpha value is -2.23. The standard InChI is InChI=1S/C14H16N2O2/c1-16(9-12-6-7-18-10-12)14(17)8-11-2-4-13(15)5-3-11/h2-7,10H,8-9,15H2,1H3. The number of nitrogens with two attached hydrogens (primary N) is 1. The third-order valence-electron chi connectivity index (χ3n) is 2.76. The zero-order chi connectivity index (χ0) is 13.0. The fourth-order valence-electron chi connectivity index (χ4n) is 1.69. The van der Waals surface area contributed by atoms with Crippen LogP contribution in [0.1, 0.15) is 11.1 Å². The quantitative estimate of drug-likeness (QED) is 0.837. The molecule has 0 aliphatic carbocycles. The predicted octanol–water partition coefficient (Wildman–Crippen LogP) is 2.06. The predicted molar refractivity (Wildman–Crippen MR) is 69.7 cm³/mol. The van der Waals surface area contributed by atoms with Gasteiger partial charge in [-0.2, -0.15) is 0 Å². The Morgan fingerprint density at radius 2 is 1.94 bits per heavy atom. The van der Waals surface area contributed by atoms with E-state index in [1.54, 1.807) is 36.6 Å². The molecule has 1 amide bonds. The number of hydrogen-bond acceptors (Lipinski definition) is 3. The lowest BCUT2D eigenvalue weighted by Crippen LogP contribution is -2.27. The summed E-state index contributed by atoms with van der Waals surface area (Å²) >= 11 is 0. The molecule has 0 saturated carbocycles. The minimum absolute atomic E-state index is 0.0703. The molecule has 0 saturated heterocycles. The van der Waals surface area contributed by atoms with Gasteiger partial charge in [0.25, 0.3) is 0 Å². The molecule has 2 N–H and O–H groups in total. The first-order valence-corrected chi connectivity index (χ1v) is 5.74. The first kappa shape index (κ1) is 12.2. The van der Waals surface area contributed by atoms with Crippen LogP contribution in [0.2, 0.25) is 0 Å². The number of furan rings is 1. The van der Waals surface area contributed by atoms with Crippen LogP contribution in [0.3, 0.4) is 0 Å². The largest absolute Gasteiger partial charge is 0.472 e. The Labute approximate surface area is 106 Å². The van der Waals surface area contributed by atoms with E-state index in [4.69, 9.17) is 10.2 Å². The number of anilines is 1. The maximum atomic E-state index is 12.0. The highest BCUT2D eigenvalue weighted by Gasteiger charge is 2.10. The van der Waals surface area contributed by atoms with Crippen molar-refractivity contribution in [1.82, 2.24) is 4.90 Å². The van der Waals surface area contributed by atoms with Crippen molar-refractivity contribution in [1.29, 1.82) is 0 Å². The van der Waals surface area contributed by atoms with Gasteiger partial charge in [-0.25, -0.2) is 0 Å². The summed E-state index contributed by atoms with van der Waals surface area (Å²) in [6, 6.07) is 9.21. The number of nitrogens with zero attached hydrogens (tertiary/aromatic N) is 1. The summed E-state index contributed by atoms with van der Waals surface area (Å²) in [6.07, 6.45) is 3.63. The molecule has 0 spiro atoms. The second-order valence-corrected chi connectivity index (χ2v) is 4.30. The molecule has 1 aromatic heterocycles. The normalized spacial score (nSPS) is 10.3. The van der Waals surface area contributed by atoms with Gasteiger partial charge in [0.2, 0.25) is 5.91 Å². The van der Waals surface area contributed by atoms with E-state index in [2.05, 4.69) is 0 Å². The lowest BCUT2D eigenvalue weighted by molar-refractivity contribution is -0.129. The molecule has 2 rings (SSSR count). The number of rotatable bonds is 4. The van der Waals surface area contributed by atoms with Crippen molar-refractivity contribution in [2.45, 2.75) is 13.0 Å². The second kappa shape index (κ2) is 5.40. The van der Waals surface area contributed by atoms with Crippen LogP contribution in [0.15, 0.2) is 47.3 Å². The van der Waals surface area contributed by atoms with Gasteiger partial charge in [0.05, 0.1) is 18.9 Å².